The van der Waals surface area contributed by atoms with Crippen LogP contribution in [0.4, 0.5) is 11.4 Å². The molecule has 2 heterocycles. The van der Waals surface area contributed by atoms with Crippen LogP contribution in [0.1, 0.15) is 49.6 Å². The molecule has 0 fully saturated rings. The Labute approximate surface area is 195 Å². The highest BCUT2D eigenvalue weighted by Crippen LogP contribution is 2.30. The molecule has 0 spiro atoms. The number of pyridine rings is 1. The third-order valence-electron chi connectivity index (χ3n) is 5.16. The molecule has 0 saturated carbocycles. The van der Waals surface area contributed by atoms with Gasteiger partial charge in [-0.15, -0.1) is 11.6 Å². The number of hydrogen-bond acceptors (Lipinski definition) is 4. The standard InChI is InChI=1S/C24H19Cl2N3O3/c25-13-15-3-1-4-16(11-15)23(31)28-18-7-8-20(27-14-18)24(32)29-10-2-5-22(30)19-12-17(26)6-9-21(19)29/h1,3-4,6-9,11-12,14H,2,5,10,13H2,(H,28,31). The van der Waals surface area contributed by atoms with Crippen molar-refractivity contribution in [1.29, 1.82) is 0 Å². The number of aromatic nitrogens is 1. The molecule has 6 nitrogen and oxygen atoms in total. The first-order chi connectivity index (χ1) is 15.5. The van der Waals surface area contributed by atoms with Crippen LogP contribution in [0.2, 0.25) is 5.02 Å². The minimum absolute atomic E-state index is 0.0398. The molecule has 1 aliphatic heterocycles. The predicted molar refractivity (Wildman–Crippen MR) is 125 cm³/mol. The van der Waals surface area contributed by atoms with Crippen LogP contribution >= 0.6 is 23.2 Å². The Bertz CT molecular complexity index is 1200. The van der Waals surface area contributed by atoms with Gasteiger partial charge in [0.05, 0.1) is 17.6 Å². The minimum atomic E-state index is -0.323. The molecular formula is C24H19Cl2N3O3. The molecule has 4 rings (SSSR count). The second-order valence-electron chi connectivity index (χ2n) is 7.37. The van der Waals surface area contributed by atoms with Crippen LogP contribution in [0.25, 0.3) is 0 Å². The Kier molecular flexibility index (Phi) is 6.53. The van der Waals surface area contributed by atoms with E-state index in [4.69, 9.17) is 23.2 Å². The zero-order valence-electron chi connectivity index (χ0n) is 17.0. The van der Waals surface area contributed by atoms with E-state index in [-0.39, 0.29) is 23.3 Å². The second kappa shape index (κ2) is 9.51. The van der Waals surface area contributed by atoms with Gasteiger partial charge in [-0.3, -0.25) is 14.4 Å². The molecule has 2 amide bonds. The van der Waals surface area contributed by atoms with E-state index in [9.17, 15) is 14.4 Å². The normalized spacial score (nSPS) is 13.3. The number of hydrogen-bond donors (Lipinski definition) is 1. The molecule has 0 atom stereocenters. The monoisotopic (exact) mass is 467 g/mol. The van der Waals surface area contributed by atoms with Gasteiger partial charge in [0.15, 0.2) is 5.78 Å². The highest BCUT2D eigenvalue weighted by Gasteiger charge is 2.27. The first kappa shape index (κ1) is 22.0. The SMILES string of the molecule is O=C(Nc1ccc(C(=O)N2CCCC(=O)c3cc(Cl)ccc32)nc1)c1cccc(CCl)c1. The summed E-state index contributed by atoms with van der Waals surface area (Å²) in [5.41, 5.74) is 2.96. The lowest BCUT2D eigenvalue weighted by atomic mass is 10.1. The molecule has 0 radical (unpaired) electrons. The van der Waals surface area contributed by atoms with Crippen LogP contribution in [-0.2, 0) is 5.88 Å². The highest BCUT2D eigenvalue weighted by atomic mass is 35.5. The van der Waals surface area contributed by atoms with E-state index < -0.39 is 0 Å². The molecule has 0 unspecified atom stereocenters. The summed E-state index contributed by atoms with van der Waals surface area (Å²) < 4.78 is 0. The Hall–Kier alpha value is -3.22. The molecule has 8 heteroatoms. The van der Waals surface area contributed by atoms with Gasteiger partial charge in [-0.05, 0) is 54.4 Å². The van der Waals surface area contributed by atoms with E-state index in [1.165, 1.54) is 6.20 Å². The maximum Gasteiger partial charge on any atom is 0.276 e. The molecule has 0 aliphatic carbocycles. The summed E-state index contributed by atoms with van der Waals surface area (Å²) in [4.78, 5) is 43.8. The molecule has 32 heavy (non-hydrogen) atoms. The van der Waals surface area contributed by atoms with Crippen LogP contribution in [0, 0.1) is 0 Å². The molecule has 1 aliphatic rings. The fraction of sp³-hybridized carbons (Fsp3) is 0.167. The van der Waals surface area contributed by atoms with Gasteiger partial charge in [0.1, 0.15) is 5.69 Å². The summed E-state index contributed by atoms with van der Waals surface area (Å²) in [5.74, 6) is -0.343. The molecule has 1 aromatic heterocycles. The summed E-state index contributed by atoms with van der Waals surface area (Å²) in [6.07, 6.45) is 2.33. The maximum atomic E-state index is 13.2. The van der Waals surface area contributed by atoms with Crippen LogP contribution in [-0.4, -0.2) is 29.1 Å². The van der Waals surface area contributed by atoms with Crippen molar-refractivity contribution >= 4 is 52.2 Å². The number of rotatable bonds is 4. The lowest BCUT2D eigenvalue weighted by molar-refractivity contribution is 0.0971. The lowest BCUT2D eigenvalue weighted by Gasteiger charge is -2.22. The summed E-state index contributed by atoms with van der Waals surface area (Å²) in [7, 11) is 0. The average molecular weight is 468 g/mol. The Balaban J connectivity index is 1.53. The van der Waals surface area contributed by atoms with Crippen molar-refractivity contribution in [3.63, 3.8) is 0 Å². The van der Waals surface area contributed by atoms with Crippen molar-refractivity contribution in [3.8, 4) is 0 Å². The van der Waals surface area contributed by atoms with Crippen molar-refractivity contribution in [2.45, 2.75) is 18.7 Å². The zero-order chi connectivity index (χ0) is 22.7. The van der Waals surface area contributed by atoms with Gasteiger partial charge in [0, 0.05) is 35.0 Å². The summed E-state index contributed by atoms with van der Waals surface area (Å²) in [6.45, 7) is 0.399. The molecule has 0 saturated heterocycles. The average Bonchev–Trinajstić information content (AvgIpc) is 2.97. The fourth-order valence-corrected chi connectivity index (χ4v) is 3.90. The van der Waals surface area contributed by atoms with Crippen LogP contribution in [0.15, 0.2) is 60.8 Å². The maximum absolute atomic E-state index is 13.2. The number of nitrogens with one attached hydrogen (secondary N) is 1. The van der Waals surface area contributed by atoms with Crippen LogP contribution < -0.4 is 10.2 Å². The number of carbonyl (C=O) groups excluding carboxylic acids is 3. The van der Waals surface area contributed by atoms with Crippen LogP contribution in [0.5, 0.6) is 0 Å². The highest BCUT2D eigenvalue weighted by molar-refractivity contribution is 6.31. The zero-order valence-corrected chi connectivity index (χ0v) is 18.5. The largest absolute Gasteiger partial charge is 0.321 e. The number of benzene rings is 2. The summed E-state index contributed by atoms with van der Waals surface area (Å²) in [5, 5.41) is 3.21. The Morgan fingerprint density at radius 1 is 1.09 bits per heavy atom. The lowest BCUT2D eigenvalue weighted by Crippen LogP contribution is -2.32. The number of carbonyl (C=O) groups is 3. The van der Waals surface area contributed by atoms with E-state index in [1.807, 2.05) is 6.07 Å². The van der Waals surface area contributed by atoms with Gasteiger partial charge in [-0.1, -0.05) is 23.7 Å². The van der Waals surface area contributed by atoms with E-state index in [0.29, 0.717) is 52.8 Å². The Morgan fingerprint density at radius 2 is 1.94 bits per heavy atom. The number of halogens is 2. The second-order valence-corrected chi connectivity index (χ2v) is 8.07. The van der Waals surface area contributed by atoms with E-state index in [1.54, 1.807) is 53.4 Å². The van der Waals surface area contributed by atoms with Crippen molar-refractivity contribution < 1.29 is 14.4 Å². The molecular weight excluding hydrogens is 449 g/mol. The van der Waals surface area contributed by atoms with Gasteiger partial charge in [0.25, 0.3) is 11.8 Å². The van der Waals surface area contributed by atoms with E-state index in [0.717, 1.165) is 5.56 Å². The molecule has 1 N–H and O–H groups in total. The number of alkyl halides is 1. The summed E-state index contributed by atoms with van der Waals surface area (Å²) >= 11 is 11.9. The van der Waals surface area contributed by atoms with Crippen molar-refractivity contribution in [3.05, 3.63) is 88.2 Å². The smallest absolute Gasteiger partial charge is 0.276 e. The first-order valence-electron chi connectivity index (χ1n) is 10.0. The fourth-order valence-electron chi connectivity index (χ4n) is 3.56. The molecule has 3 aromatic rings. The van der Waals surface area contributed by atoms with Crippen LogP contribution in [0.3, 0.4) is 0 Å². The van der Waals surface area contributed by atoms with Crippen molar-refractivity contribution in [2.24, 2.45) is 0 Å². The van der Waals surface area contributed by atoms with Crippen molar-refractivity contribution in [2.75, 3.05) is 16.8 Å². The van der Waals surface area contributed by atoms with Gasteiger partial charge in [-0.2, -0.15) is 0 Å². The third kappa shape index (κ3) is 4.66. The molecule has 2 aromatic carbocycles. The summed E-state index contributed by atoms with van der Waals surface area (Å²) in [6, 6.07) is 15.1. The van der Waals surface area contributed by atoms with Crippen molar-refractivity contribution in [1.82, 2.24) is 4.98 Å². The van der Waals surface area contributed by atoms with Gasteiger partial charge < -0.3 is 10.2 Å². The quantitative estimate of drug-likeness (QED) is 0.524. The van der Waals surface area contributed by atoms with E-state index >= 15 is 0 Å². The minimum Gasteiger partial charge on any atom is -0.321 e. The molecule has 162 valence electrons. The first-order valence-corrected chi connectivity index (χ1v) is 10.9. The van der Waals surface area contributed by atoms with Gasteiger partial charge >= 0.3 is 0 Å². The predicted octanol–water partition coefficient (Wildman–Crippen LogP) is 5.35. The number of amides is 2. The number of Topliss-reactive ketones (excluding diaryl/α,β-unsaturated/α-hetero) is 1. The third-order valence-corrected chi connectivity index (χ3v) is 5.71. The van der Waals surface area contributed by atoms with E-state index in [2.05, 4.69) is 10.3 Å². The van der Waals surface area contributed by atoms with Gasteiger partial charge in [-0.25, -0.2) is 4.98 Å². The Morgan fingerprint density at radius 3 is 2.69 bits per heavy atom. The number of anilines is 2. The number of nitrogens with zero attached hydrogens (tertiary/aromatic N) is 2. The number of ketones is 1. The number of fused-ring (bicyclic) bond motifs is 1. The molecule has 0 bridgehead atoms. The topological polar surface area (TPSA) is 79.4 Å². The van der Waals surface area contributed by atoms with Gasteiger partial charge in [0.2, 0.25) is 0 Å².